The SMILES string of the molecule is COc1ccc(C#CC23CCC(CO[Si](C)(C)C(C)(C)C)(CC2)N3C(=O)OC(C)(C)C)cc1. The first-order chi connectivity index (χ1) is 15.1. The van der Waals surface area contributed by atoms with Crippen LogP contribution in [-0.2, 0) is 9.16 Å². The van der Waals surface area contributed by atoms with Crippen molar-refractivity contribution < 1.29 is 18.7 Å². The number of hydrogen-bond acceptors (Lipinski definition) is 4. The maximum Gasteiger partial charge on any atom is 0.412 e. The summed E-state index contributed by atoms with van der Waals surface area (Å²) in [7, 11) is -0.306. The predicted octanol–water partition coefficient (Wildman–Crippen LogP) is 6.37. The van der Waals surface area contributed by atoms with Crippen LogP contribution in [0.2, 0.25) is 18.1 Å². The highest BCUT2D eigenvalue weighted by Gasteiger charge is 2.63. The maximum atomic E-state index is 13.5. The number of ether oxygens (including phenoxy) is 2. The van der Waals surface area contributed by atoms with Crippen LogP contribution in [0.1, 0.15) is 72.8 Å². The second-order valence-corrected chi connectivity index (χ2v) is 16.9. The molecule has 182 valence electrons. The summed E-state index contributed by atoms with van der Waals surface area (Å²) in [5.41, 5.74) is -0.521. The summed E-state index contributed by atoms with van der Waals surface area (Å²) in [6, 6.07) is 7.73. The van der Waals surface area contributed by atoms with E-state index in [0.29, 0.717) is 6.61 Å². The lowest BCUT2D eigenvalue weighted by Gasteiger charge is -2.42. The van der Waals surface area contributed by atoms with Gasteiger partial charge in [0, 0.05) is 5.56 Å². The maximum absolute atomic E-state index is 13.5. The number of methoxy groups -OCH3 is 1. The van der Waals surface area contributed by atoms with Crippen LogP contribution in [0.15, 0.2) is 24.3 Å². The molecule has 0 unspecified atom stereocenters. The van der Waals surface area contributed by atoms with Crippen molar-refractivity contribution in [3.8, 4) is 17.6 Å². The number of benzene rings is 1. The van der Waals surface area contributed by atoms with Crippen molar-refractivity contribution in [1.29, 1.82) is 0 Å². The number of carbonyl (C=O) groups excluding carboxylic acids is 1. The van der Waals surface area contributed by atoms with Crippen molar-refractivity contribution in [3.05, 3.63) is 29.8 Å². The molecule has 1 amide bonds. The molecular formula is C27H41NO4Si. The molecule has 0 aromatic heterocycles. The topological polar surface area (TPSA) is 48.0 Å². The smallest absolute Gasteiger partial charge is 0.412 e. The third kappa shape index (κ3) is 5.25. The molecule has 2 heterocycles. The zero-order valence-electron chi connectivity index (χ0n) is 21.9. The molecule has 0 radical (unpaired) electrons. The highest BCUT2D eigenvalue weighted by molar-refractivity contribution is 6.74. The summed E-state index contributed by atoms with van der Waals surface area (Å²) >= 11 is 0. The molecule has 2 aliphatic heterocycles. The average Bonchev–Trinajstić information content (AvgIpc) is 3.20. The van der Waals surface area contributed by atoms with E-state index in [0.717, 1.165) is 37.0 Å². The summed E-state index contributed by atoms with van der Waals surface area (Å²) in [5, 5.41) is 0.114. The molecule has 0 aliphatic carbocycles. The van der Waals surface area contributed by atoms with Crippen molar-refractivity contribution in [2.24, 2.45) is 0 Å². The third-order valence-electron chi connectivity index (χ3n) is 7.52. The van der Waals surface area contributed by atoms with Crippen LogP contribution in [0, 0.1) is 11.8 Å². The molecule has 1 aromatic rings. The summed E-state index contributed by atoms with van der Waals surface area (Å²) in [6.45, 7) is 17.6. The van der Waals surface area contributed by atoms with Gasteiger partial charge in [-0.05, 0) is 88.9 Å². The number of carbonyl (C=O) groups is 1. The van der Waals surface area contributed by atoms with Gasteiger partial charge >= 0.3 is 6.09 Å². The third-order valence-corrected chi connectivity index (χ3v) is 12.0. The van der Waals surface area contributed by atoms with E-state index >= 15 is 0 Å². The molecule has 6 heteroatoms. The van der Waals surface area contributed by atoms with Gasteiger partial charge in [-0.15, -0.1) is 0 Å². The highest BCUT2D eigenvalue weighted by Crippen LogP contribution is 2.54. The summed E-state index contributed by atoms with van der Waals surface area (Å²) < 4.78 is 17.8. The number of nitrogens with zero attached hydrogens (tertiary/aromatic N) is 1. The molecule has 2 bridgehead atoms. The first-order valence-electron chi connectivity index (χ1n) is 12.0. The second-order valence-electron chi connectivity index (χ2n) is 12.1. The van der Waals surface area contributed by atoms with Crippen LogP contribution in [0.4, 0.5) is 4.79 Å². The van der Waals surface area contributed by atoms with Crippen LogP contribution < -0.4 is 4.74 Å². The number of hydrogen-bond donors (Lipinski definition) is 0. The molecule has 0 N–H and O–H groups in total. The standard InChI is InChI=1S/C27H41NO4Si/c1-24(2,3)32-23(29)28-26(15-14-21-10-12-22(30-7)13-11-21)16-18-27(28,19-17-26)20-31-33(8,9)25(4,5)6/h10-13H,16-20H2,1-9H3. The van der Waals surface area contributed by atoms with Gasteiger partial charge in [0.1, 0.15) is 16.9 Å². The molecule has 0 spiro atoms. The van der Waals surface area contributed by atoms with Gasteiger partial charge in [-0.1, -0.05) is 32.6 Å². The predicted molar refractivity (Wildman–Crippen MR) is 135 cm³/mol. The minimum Gasteiger partial charge on any atom is -0.497 e. The lowest BCUT2D eigenvalue weighted by molar-refractivity contribution is -0.00574. The molecule has 1 aromatic carbocycles. The molecule has 0 saturated carbocycles. The molecule has 2 fully saturated rings. The first kappa shape index (κ1) is 25.6. The zero-order chi connectivity index (χ0) is 24.7. The van der Waals surface area contributed by atoms with Gasteiger partial charge in [0.2, 0.25) is 0 Å². The van der Waals surface area contributed by atoms with Gasteiger partial charge < -0.3 is 13.9 Å². The molecular weight excluding hydrogens is 430 g/mol. The van der Waals surface area contributed by atoms with Crippen molar-refractivity contribution >= 4 is 14.4 Å². The Morgan fingerprint density at radius 3 is 2.09 bits per heavy atom. The number of rotatable bonds is 4. The van der Waals surface area contributed by atoms with E-state index in [1.165, 1.54) is 0 Å². The molecule has 2 aliphatic rings. The van der Waals surface area contributed by atoms with Crippen LogP contribution >= 0.6 is 0 Å². The van der Waals surface area contributed by atoms with Crippen molar-refractivity contribution in [1.82, 2.24) is 4.90 Å². The van der Waals surface area contributed by atoms with E-state index in [2.05, 4.69) is 45.7 Å². The quantitative estimate of drug-likeness (QED) is 0.378. The van der Waals surface area contributed by atoms with Crippen molar-refractivity contribution in [2.45, 2.75) is 102 Å². The van der Waals surface area contributed by atoms with Gasteiger partial charge in [-0.2, -0.15) is 0 Å². The fraction of sp³-hybridized carbons (Fsp3) is 0.667. The normalized spacial score (nSPS) is 24.9. The molecule has 5 nitrogen and oxygen atoms in total. The Kier molecular flexibility index (Phi) is 6.74. The van der Waals surface area contributed by atoms with E-state index in [1.54, 1.807) is 7.11 Å². The zero-order valence-corrected chi connectivity index (χ0v) is 22.9. The van der Waals surface area contributed by atoms with E-state index in [-0.39, 0.29) is 16.7 Å². The highest BCUT2D eigenvalue weighted by atomic mass is 28.4. The minimum atomic E-state index is -1.96. The Morgan fingerprint density at radius 2 is 1.61 bits per heavy atom. The van der Waals surface area contributed by atoms with Crippen molar-refractivity contribution in [3.63, 3.8) is 0 Å². The number of fused-ring (bicyclic) bond motifs is 2. The summed E-state index contributed by atoms with van der Waals surface area (Å²) in [6.07, 6.45) is 3.18. The summed E-state index contributed by atoms with van der Waals surface area (Å²) in [5.74, 6) is 7.63. The fourth-order valence-electron chi connectivity index (χ4n) is 4.49. The Hall–Kier alpha value is -1.97. The van der Waals surface area contributed by atoms with Crippen molar-refractivity contribution in [2.75, 3.05) is 13.7 Å². The molecule has 3 rings (SSSR count). The summed E-state index contributed by atoms with van der Waals surface area (Å²) in [4.78, 5) is 15.5. The molecule has 0 atom stereocenters. The Balaban J connectivity index is 1.93. The largest absolute Gasteiger partial charge is 0.497 e. The van der Waals surface area contributed by atoms with Gasteiger partial charge in [0.15, 0.2) is 8.32 Å². The monoisotopic (exact) mass is 471 g/mol. The van der Waals surface area contributed by atoms with E-state index in [9.17, 15) is 4.79 Å². The number of amides is 1. The van der Waals surface area contributed by atoms with Gasteiger partial charge in [-0.3, -0.25) is 4.90 Å². The van der Waals surface area contributed by atoms with E-state index in [1.807, 2.05) is 49.9 Å². The van der Waals surface area contributed by atoms with Gasteiger partial charge in [-0.25, -0.2) is 4.79 Å². The lowest BCUT2D eigenvalue weighted by Crippen LogP contribution is -2.55. The Morgan fingerprint density at radius 1 is 1.03 bits per heavy atom. The van der Waals surface area contributed by atoms with Gasteiger partial charge in [0.25, 0.3) is 0 Å². The minimum absolute atomic E-state index is 0.114. The van der Waals surface area contributed by atoms with Crippen LogP contribution in [0.25, 0.3) is 0 Å². The fourth-order valence-corrected chi connectivity index (χ4v) is 5.55. The average molecular weight is 472 g/mol. The van der Waals surface area contributed by atoms with Crippen LogP contribution in [0.5, 0.6) is 5.75 Å². The molecule has 33 heavy (non-hydrogen) atoms. The Labute approximate surface area is 201 Å². The second kappa shape index (κ2) is 8.67. The van der Waals surface area contributed by atoms with Crippen LogP contribution in [0.3, 0.4) is 0 Å². The lowest BCUT2D eigenvalue weighted by atomic mass is 9.83. The first-order valence-corrected chi connectivity index (χ1v) is 14.9. The van der Waals surface area contributed by atoms with E-state index < -0.39 is 19.5 Å². The molecule has 2 saturated heterocycles. The Bertz CT molecular complexity index is 920. The van der Waals surface area contributed by atoms with Gasteiger partial charge in [0.05, 0.1) is 19.3 Å². The van der Waals surface area contributed by atoms with E-state index in [4.69, 9.17) is 13.9 Å². The van der Waals surface area contributed by atoms with Crippen LogP contribution in [-0.4, -0.2) is 49.7 Å².